The van der Waals surface area contributed by atoms with E-state index in [1.165, 1.54) is 44.9 Å². The molecule has 0 saturated carbocycles. The Morgan fingerprint density at radius 1 is 1.08 bits per heavy atom. The fourth-order valence-electron chi connectivity index (χ4n) is 3.41. The van der Waals surface area contributed by atoms with Crippen LogP contribution in [0.25, 0.3) is 0 Å². The molecule has 146 valence electrons. The van der Waals surface area contributed by atoms with Crippen molar-refractivity contribution in [3.05, 3.63) is 21.7 Å². The van der Waals surface area contributed by atoms with Crippen LogP contribution in [-0.2, 0) is 24.9 Å². The molecule has 0 fully saturated rings. The van der Waals surface area contributed by atoms with Crippen LogP contribution in [0.4, 0.5) is 0 Å². The van der Waals surface area contributed by atoms with Crippen molar-refractivity contribution in [2.45, 2.75) is 86.3 Å². The zero-order valence-electron chi connectivity index (χ0n) is 17.0. The van der Waals surface area contributed by atoms with Gasteiger partial charge in [0.15, 0.2) is 0 Å². The summed E-state index contributed by atoms with van der Waals surface area (Å²) >= 11 is -1.68. The molecule has 1 aliphatic rings. The number of unbranched alkanes of at least 4 members (excludes halogenated alkanes) is 4. The zero-order valence-corrected chi connectivity index (χ0v) is 20.3. The van der Waals surface area contributed by atoms with Crippen molar-refractivity contribution < 1.29 is 24.9 Å². The Balaban J connectivity index is 2.83. The van der Waals surface area contributed by atoms with E-state index in [1.54, 1.807) is 9.54 Å². The molecule has 0 aromatic rings. The van der Waals surface area contributed by atoms with Gasteiger partial charge in [-0.15, -0.1) is 0 Å². The van der Waals surface area contributed by atoms with E-state index in [0.29, 0.717) is 5.54 Å². The fourth-order valence-corrected chi connectivity index (χ4v) is 9.83. The quantitative estimate of drug-likeness (QED) is 0.198. The molecule has 0 amide bonds. The molecular formula is C20H40O2PtSi. The predicted octanol–water partition coefficient (Wildman–Crippen LogP) is 6.98. The van der Waals surface area contributed by atoms with Gasteiger partial charge in [0.2, 0.25) is 0 Å². The molecule has 0 aliphatic heterocycles. The van der Waals surface area contributed by atoms with Gasteiger partial charge in [-0.25, -0.2) is 0 Å². The molecule has 0 aromatic heterocycles. The summed E-state index contributed by atoms with van der Waals surface area (Å²) in [4.78, 5) is 0. The Kier molecular flexibility index (Phi) is 9.73. The molecule has 1 aliphatic carbocycles. The summed E-state index contributed by atoms with van der Waals surface area (Å²) < 4.78 is 13.7. The second kappa shape index (κ2) is 10.5. The van der Waals surface area contributed by atoms with Crippen molar-refractivity contribution in [2.75, 3.05) is 14.2 Å². The molecule has 2 nitrogen and oxygen atoms in total. The van der Waals surface area contributed by atoms with Crippen LogP contribution >= 0.6 is 0 Å². The average molecular weight is 536 g/mol. The third-order valence-corrected chi connectivity index (χ3v) is 14.1. The predicted molar refractivity (Wildman–Crippen MR) is 106 cm³/mol. The van der Waals surface area contributed by atoms with Crippen molar-refractivity contribution in [1.82, 2.24) is 0 Å². The van der Waals surface area contributed by atoms with Crippen LogP contribution in [-0.4, -0.2) is 22.8 Å². The summed E-state index contributed by atoms with van der Waals surface area (Å²) in [7, 11) is 1.60. The Labute approximate surface area is 155 Å². The van der Waals surface area contributed by atoms with E-state index in [1.807, 2.05) is 14.2 Å². The number of allylic oxidation sites excluding steroid dienone is 4. The SMILES string of the molecule is CCCCCCCC(CC1=[C]([Pt]([CH3])([CH3])[CH3])CC=C1)[Si](C)(OC)OC. The molecule has 0 spiro atoms. The summed E-state index contributed by atoms with van der Waals surface area (Å²) in [6.45, 7) is 4.53. The minimum absolute atomic E-state index is 0.561. The van der Waals surface area contributed by atoms with E-state index in [4.69, 9.17) is 8.85 Å². The van der Waals surface area contributed by atoms with Gasteiger partial charge in [-0.1, -0.05) is 0 Å². The number of hydrogen-bond acceptors (Lipinski definition) is 2. The summed E-state index contributed by atoms with van der Waals surface area (Å²) in [5, 5.41) is 7.54. The van der Waals surface area contributed by atoms with Crippen molar-refractivity contribution in [3.63, 3.8) is 0 Å². The first-order chi connectivity index (χ1) is 11.3. The maximum atomic E-state index is 5.94. The molecule has 24 heavy (non-hydrogen) atoms. The van der Waals surface area contributed by atoms with Crippen LogP contribution < -0.4 is 0 Å². The molecule has 0 saturated heterocycles. The first kappa shape index (κ1) is 22.3. The van der Waals surface area contributed by atoms with E-state index in [2.05, 4.69) is 41.6 Å². The van der Waals surface area contributed by atoms with E-state index in [0.717, 1.165) is 6.42 Å². The van der Waals surface area contributed by atoms with E-state index in [-0.39, 0.29) is 0 Å². The fraction of sp³-hybridized carbons (Fsp3) is 0.800. The number of rotatable bonds is 12. The molecule has 0 radical (unpaired) electrons. The maximum absolute atomic E-state index is 5.94. The Morgan fingerprint density at radius 2 is 1.71 bits per heavy atom. The first-order valence-corrected chi connectivity index (χ1v) is 19.5. The monoisotopic (exact) mass is 535 g/mol. The van der Waals surface area contributed by atoms with Crippen LogP contribution in [0.2, 0.25) is 28.0 Å². The molecule has 0 heterocycles. The van der Waals surface area contributed by atoms with Gasteiger partial charge >= 0.3 is 156 Å². The van der Waals surface area contributed by atoms with Crippen LogP contribution in [0.1, 0.15) is 58.3 Å². The van der Waals surface area contributed by atoms with Crippen LogP contribution in [0.3, 0.4) is 0 Å². The second-order valence-electron chi connectivity index (χ2n) is 7.45. The van der Waals surface area contributed by atoms with Crippen LogP contribution in [0, 0.1) is 0 Å². The van der Waals surface area contributed by atoms with E-state index >= 15 is 0 Å². The van der Waals surface area contributed by atoms with Crippen LogP contribution in [0.5, 0.6) is 0 Å². The summed E-state index contributed by atoms with van der Waals surface area (Å²) in [6.07, 6.45) is 15.1. The summed E-state index contributed by atoms with van der Waals surface area (Å²) in [5.41, 5.74) is 2.18. The topological polar surface area (TPSA) is 18.5 Å². The van der Waals surface area contributed by atoms with Gasteiger partial charge in [0, 0.05) is 0 Å². The minimum atomic E-state index is -2.10. The second-order valence-corrected chi connectivity index (χ2v) is 22.7. The van der Waals surface area contributed by atoms with Crippen molar-refractivity contribution in [3.8, 4) is 0 Å². The molecule has 4 heteroatoms. The van der Waals surface area contributed by atoms with Gasteiger partial charge in [-0.05, 0) is 0 Å². The summed E-state index contributed by atoms with van der Waals surface area (Å²) in [6, 6.07) is 0. The van der Waals surface area contributed by atoms with Gasteiger partial charge in [-0.2, -0.15) is 0 Å². The molecule has 0 N–H and O–H groups in total. The van der Waals surface area contributed by atoms with Crippen molar-refractivity contribution in [2.24, 2.45) is 0 Å². The Morgan fingerprint density at radius 3 is 2.25 bits per heavy atom. The van der Waals surface area contributed by atoms with Gasteiger partial charge in [0.25, 0.3) is 0 Å². The molecule has 0 aromatic carbocycles. The standard InChI is InChI=1S/C17H31O2Si.3CH3.Pt/c1-5-6-7-8-9-14-17(20(4,18-2)19-3)15-16-12-10-11-13-16;;;;/h10,12,17H,5-9,11,14-15H2,1-4H3;3*1H3;. The average Bonchev–Trinajstić information content (AvgIpc) is 3.01. The number of hydrogen-bond donors (Lipinski definition) is 0. The zero-order chi connectivity index (χ0) is 18.2. The van der Waals surface area contributed by atoms with Gasteiger partial charge in [-0.3, -0.25) is 0 Å². The van der Waals surface area contributed by atoms with Crippen LogP contribution in [0.15, 0.2) is 21.7 Å². The molecule has 1 unspecified atom stereocenters. The molecule has 0 bridgehead atoms. The first-order valence-electron chi connectivity index (χ1n) is 9.13. The normalized spacial score (nSPS) is 17.6. The van der Waals surface area contributed by atoms with E-state index < -0.39 is 24.6 Å². The van der Waals surface area contributed by atoms with E-state index in [9.17, 15) is 0 Å². The third kappa shape index (κ3) is 6.55. The molecule has 1 rings (SSSR count). The third-order valence-electron chi connectivity index (χ3n) is 5.18. The molecular weight excluding hydrogens is 495 g/mol. The van der Waals surface area contributed by atoms with Gasteiger partial charge in [0.05, 0.1) is 0 Å². The van der Waals surface area contributed by atoms with Crippen molar-refractivity contribution in [1.29, 1.82) is 0 Å². The summed E-state index contributed by atoms with van der Waals surface area (Å²) in [5.74, 6) is 0. The Hall–Kier alpha value is 0.305. The van der Waals surface area contributed by atoms with Crippen molar-refractivity contribution >= 4 is 8.56 Å². The molecule has 1 atom stereocenters. The van der Waals surface area contributed by atoms with Gasteiger partial charge < -0.3 is 0 Å². The van der Waals surface area contributed by atoms with Gasteiger partial charge in [0.1, 0.15) is 0 Å². The Bertz CT molecular complexity index is 433.